The molecule has 1 aromatic rings. The summed E-state index contributed by atoms with van der Waals surface area (Å²) < 4.78 is 2.13. The molecule has 5 heteroatoms. The summed E-state index contributed by atoms with van der Waals surface area (Å²) in [5, 5.41) is 0. The van der Waals surface area contributed by atoms with Crippen molar-refractivity contribution in [3.05, 3.63) is 18.2 Å². The van der Waals surface area contributed by atoms with Crippen LogP contribution in [0.3, 0.4) is 0 Å². The second-order valence-corrected chi connectivity index (χ2v) is 5.14. The molecule has 0 aliphatic carbocycles. The highest BCUT2D eigenvalue weighted by Crippen LogP contribution is 2.15. The molecule has 5 nitrogen and oxygen atoms in total. The molecular formula is C13H20N4O. The van der Waals surface area contributed by atoms with E-state index in [4.69, 9.17) is 0 Å². The summed E-state index contributed by atoms with van der Waals surface area (Å²) in [6.07, 6.45) is 8.61. The van der Waals surface area contributed by atoms with Gasteiger partial charge in [0.15, 0.2) is 0 Å². The fraction of sp³-hybridized carbons (Fsp3) is 0.692. The van der Waals surface area contributed by atoms with Crippen LogP contribution >= 0.6 is 0 Å². The van der Waals surface area contributed by atoms with Crippen LogP contribution in [0.1, 0.15) is 31.5 Å². The molecule has 0 bridgehead atoms. The van der Waals surface area contributed by atoms with E-state index < -0.39 is 0 Å². The van der Waals surface area contributed by atoms with Crippen molar-refractivity contribution >= 4 is 6.03 Å². The van der Waals surface area contributed by atoms with Crippen LogP contribution in [0.5, 0.6) is 0 Å². The van der Waals surface area contributed by atoms with Crippen LogP contribution < -0.4 is 0 Å². The second kappa shape index (κ2) is 5.00. The molecule has 2 aliphatic rings. The van der Waals surface area contributed by atoms with Gasteiger partial charge in [-0.1, -0.05) is 12.8 Å². The van der Waals surface area contributed by atoms with E-state index in [0.29, 0.717) is 6.54 Å². The van der Waals surface area contributed by atoms with E-state index in [1.807, 2.05) is 22.2 Å². The topological polar surface area (TPSA) is 41.4 Å². The van der Waals surface area contributed by atoms with Crippen LogP contribution in [-0.2, 0) is 13.1 Å². The third-order valence-electron chi connectivity index (χ3n) is 3.89. The molecule has 18 heavy (non-hydrogen) atoms. The minimum atomic E-state index is 0.200. The van der Waals surface area contributed by atoms with Gasteiger partial charge in [0.05, 0.1) is 6.54 Å². The van der Waals surface area contributed by atoms with Crippen LogP contribution in [0.2, 0.25) is 0 Å². The number of carbonyl (C=O) groups is 1. The molecule has 1 saturated heterocycles. The fourth-order valence-corrected chi connectivity index (χ4v) is 2.80. The SMILES string of the molecule is O=C(N1CCCCCC1)N1CCn2ccnc2C1. The molecule has 0 saturated carbocycles. The number of hydrogen-bond acceptors (Lipinski definition) is 2. The van der Waals surface area contributed by atoms with Gasteiger partial charge in [-0.05, 0) is 12.8 Å². The van der Waals surface area contributed by atoms with E-state index in [0.717, 1.165) is 44.8 Å². The maximum absolute atomic E-state index is 12.5. The van der Waals surface area contributed by atoms with Crippen molar-refractivity contribution in [2.24, 2.45) is 0 Å². The number of aromatic nitrogens is 2. The van der Waals surface area contributed by atoms with Crippen LogP contribution in [0.15, 0.2) is 12.4 Å². The number of likely N-dealkylation sites (tertiary alicyclic amines) is 1. The summed E-state index contributed by atoms with van der Waals surface area (Å²) >= 11 is 0. The molecule has 1 aromatic heterocycles. The molecule has 0 unspecified atom stereocenters. The number of amides is 2. The molecule has 98 valence electrons. The zero-order valence-corrected chi connectivity index (χ0v) is 10.7. The van der Waals surface area contributed by atoms with Gasteiger partial charge in [0.25, 0.3) is 0 Å². The average molecular weight is 248 g/mol. The van der Waals surface area contributed by atoms with Crippen LogP contribution in [0, 0.1) is 0 Å². The number of rotatable bonds is 0. The number of urea groups is 1. The average Bonchev–Trinajstić information content (AvgIpc) is 2.69. The Balaban J connectivity index is 1.66. The first kappa shape index (κ1) is 11.6. The van der Waals surface area contributed by atoms with Crippen molar-refractivity contribution in [1.29, 1.82) is 0 Å². The molecule has 0 aromatic carbocycles. The summed E-state index contributed by atoms with van der Waals surface area (Å²) in [7, 11) is 0. The summed E-state index contributed by atoms with van der Waals surface area (Å²) in [6, 6.07) is 0.200. The van der Waals surface area contributed by atoms with E-state index in [1.54, 1.807) is 0 Å². The van der Waals surface area contributed by atoms with Gasteiger partial charge >= 0.3 is 6.03 Å². The molecule has 1 fully saturated rings. The summed E-state index contributed by atoms with van der Waals surface area (Å²) in [6.45, 7) is 4.17. The molecule has 3 heterocycles. The Morgan fingerprint density at radius 3 is 2.56 bits per heavy atom. The lowest BCUT2D eigenvalue weighted by molar-refractivity contribution is 0.141. The summed E-state index contributed by atoms with van der Waals surface area (Å²) in [5.41, 5.74) is 0. The lowest BCUT2D eigenvalue weighted by Gasteiger charge is -2.32. The standard InChI is InChI=1S/C13H20N4O/c18-13(16-6-3-1-2-4-7-16)17-10-9-15-8-5-14-12(15)11-17/h5,8H,1-4,6-7,9-11H2. The first-order valence-electron chi connectivity index (χ1n) is 6.88. The monoisotopic (exact) mass is 248 g/mol. The highest BCUT2D eigenvalue weighted by molar-refractivity contribution is 5.74. The lowest BCUT2D eigenvalue weighted by atomic mass is 10.2. The van der Waals surface area contributed by atoms with Gasteiger partial charge in [-0.3, -0.25) is 0 Å². The molecule has 2 aliphatic heterocycles. The lowest BCUT2D eigenvalue weighted by Crippen LogP contribution is -2.46. The molecule has 0 radical (unpaired) electrons. The number of carbonyl (C=O) groups excluding carboxylic acids is 1. The van der Waals surface area contributed by atoms with E-state index >= 15 is 0 Å². The zero-order valence-electron chi connectivity index (χ0n) is 10.7. The van der Waals surface area contributed by atoms with Crippen molar-refractivity contribution in [2.45, 2.75) is 38.8 Å². The summed E-state index contributed by atoms with van der Waals surface area (Å²) in [4.78, 5) is 20.7. The van der Waals surface area contributed by atoms with Gasteiger partial charge in [0, 0.05) is 38.6 Å². The number of nitrogens with zero attached hydrogens (tertiary/aromatic N) is 4. The molecule has 2 amide bonds. The Morgan fingerprint density at radius 1 is 1.00 bits per heavy atom. The Bertz CT molecular complexity index is 420. The first-order chi connectivity index (χ1) is 8.84. The van der Waals surface area contributed by atoms with Gasteiger partial charge in [0.2, 0.25) is 0 Å². The normalized spacial score (nSPS) is 20.4. The van der Waals surface area contributed by atoms with Gasteiger partial charge in [-0.2, -0.15) is 0 Å². The Morgan fingerprint density at radius 2 is 1.78 bits per heavy atom. The molecular weight excluding hydrogens is 228 g/mol. The largest absolute Gasteiger partial charge is 0.332 e. The highest BCUT2D eigenvalue weighted by atomic mass is 16.2. The molecule has 0 spiro atoms. The molecule has 3 rings (SSSR count). The quantitative estimate of drug-likeness (QED) is 0.701. The third kappa shape index (κ3) is 2.21. The first-order valence-corrected chi connectivity index (χ1v) is 6.88. The van der Waals surface area contributed by atoms with Crippen molar-refractivity contribution < 1.29 is 4.79 Å². The number of fused-ring (bicyclic) bond motifs is 1. The minimum Gasteiger partial charge on any atom is -0.332 e. The molecule has 0 N–H and O–H groups in total. The maximum atomic E-state index is 12.5. The van der Waals surface area contributed by atoms with Crippen molar-refractivity contribution in [1.82, 2.24) is 19.4 Å². The fourth-order valence-electron chi connectivity index (χ4n) is 2.80. The van der Waals surface area contributed by atoms with Crippen molar-refractivity contribution in [3.8, 4) is 0 Å². The Hall–Kier alpha value is -1.52. The maximum Gasteiger partial charge on any atom is 0.320 e. The van der Waals surface area contributed by atoms with E-state index in [1.165, 1.54) is 12.8 Å². The second-order valence-electron chi connectivity index (χ2n) is 5.14. The van der Waals surface area contributed by atoms with Crippen molar-refractivity contribution in [3.63, 3.8) is 0 Å². The van der Waals surface area contributed by atoms with E-state index in [2.05, 4.69) is 9.55 Å². The zero-order chi connectivity index (χ0) is 12.4. The van der Waals surface area contributed by atoms with Crippen molar-refractivity contribution in [2.75, 3.05) is 19.6 Å². The summed E-state index contributed by atoms with van der Waals surface area (Å²) in [5.74, 6) is 1.00. The van der Waals surface area contributed by atoms with Gasteiger partial charge in [-0.25, -0.2) is 9.78 Å². The number of imidazole rings is 1. The minimum absolute atomic E-state index is 0.200. The van der Waals surface area contributed by atoms with Gasteiger partial charge in [-0.15, -0.1) is 0 Å². The van der Waals surface area contributed by atoms with E-state index in [9.17, 15) is 4.79 Å². The van der Waals surface area contributed by atoms with E-state index in [-0.39, 0.29) is 6.03 Å². The van der Waals surface area contributed by atoms with Crippen LogP contribution in [-0.4, -0.2) is 45.0 Å². The smallest absolute Gasteiger partial charge is 0.320 e. The third-order valence-corrected chi connectivity index (χ3v) is 3.89. The molecule has 0 atom stereocenters. The van der Waals surface area contributed by atoms with Crippen LogP contribution in [0.4, 0.5) is 4.79 Å². The Labute approximate surface area is 107 Å². The predicted octanol–water partition coefficient (Wildman–Crippen LogP) is 1.69. The predicted molar refractivity (Wildman–Crippen MR) is 68.1 cm³/mol. The van der Waals surface area contributed by atoms with Gasteiger partial charge < -0.3 is 14.4 Å². The van der Waals surface area contributed by atoms with Gasteiger partial charge in [0.1, 0.15) is 5.82 Å². The van der Waals surface area contributed by atoms with Crippen LogP contribution in [0.25, 0.3) is 0 Å². The highest BCUT2D eigenvalue weighted by Gasteiger charge is 2.25. The Kier molecular flexibility index (Phi) is 3.21. The number of hydrogen-bond donors (Lipinski definition) is 0.